The fourth-order valence-electron chi connectivity index (χ4n) is 1.50. The van der Waals surface area contributed by atoms with Crippen LogP contribution in [-0.4, -0.2) is 16.1 Å². The summed E-state index contributed by atoms with van der Waals surface area (Å²) in [5, 5.41) is 11.8. The van der Waals surface area contributed by atoms with Gasteiger partial charge in [-0.25, -0.2) is 14.2 Å². The van der Waals surface area contributed by atoms with Crippen molar-refractivity contribution in [2.45, 2.75) is 0 Å². The molecule has 0 aliphatic rings. The van der Waals surface area contributed by atoms with Crippen LogP contribution in [0.5, 0.6) is 0 Å². The van der Waals surface area contributed by atoms with Gasteiger partial charge in [-0.1, -0.05) is 17.7 Å². The van der Waals surface area contributed by atoms with E-state index in [1.807, 2.05) is 0 Å². The van der Waals surface area contributed by atoms with Gasteiger partial charge in [-0.3, -0.25) is 0 Å². The van der Waals surface area contributed by atoms with Crippen molar-refractivity contribution in [3.63, 3.8) is 0 Å². The zero-order valence-electron chi connectivity index (χ0n) is 9.52. The summed E-state index contributed by atoms with van der Waals surface area (Å²) in [6.07, 6.45) is 1.21. The fraction of sp³-hybridized carbons (Fsp3) is 0. The summed E-state index contributed by atoms with van der Waals surface area (Å²) in [6, 6.07) is 5.32. The predicted molar refractivity (Wildman–Crippen MR) is 70.3 cm³/mol. The summed E-state index contributed by atoms with van der Waals surface area (Å²) >= 11 is 5.85. The van der Waals surface area contributed by atoms with Gasteiger partial charge in [0, 0.05) is 0 Å². The van der Waals surface area contributed by atoms with Gasteiger partial charge in [0.15, 0.2) is 0 Å². The van der Waals surface area contributed by atoms with Crippen LogP contribution in [-0.2, 0) is 0 Å². The minimum absolute atomic E-state index is 0.0155. The summed E-state index contributed by atoms with van der Waals surface area (Å²) in [5.74, 6) is -1.74. The highest BCUT2D eigenvalue weighted by Gasteiger charge is 2.14. The normalized spacial score (nSPS) is 10.2. The monoisotopic (exact) mass is 281 g/mol. The Balaban J connectivity index is 2.47. The Morgan fingerprint density at radius 1 is 1.47 bits per heavy atom. The molecule has 2 rings (SSSR count). The maximum atomic E-state index is 13.6. The summed E-state index contributed by atoms with van der Waals surface area (Å²) in [5.41, 5.74) is 5.39. The van der Waals surface area contributed by atoms with Gasteiger partial charge in [0.2, 0.25) is 0 Å². The molecule has 98 valence electrons. The molecule has 0 bridgehead atoms. The number of para-hydroxylation sites is 1. The van der Waals surface area contributed by atoms with Crippen molar-refractivity contribution in [3.8, 4) is 0 Å². The van der Waals surface area contributed by atoms with Crippen LogP contribution in [0.15, 0.2) is 30.5 Å². The number of nitrogen functional groups attached to an aromatic ring is 1. The quantitative estimate of drug-likeness (QED) is 0.805. The van der Waals surface area contributed by atoms with Crippen LogP contribution in [0, 0.1) is 5.82 Å². The number of hydrogen-bond acceptors (Lipinski definition) is 4. The molecule has 4 N–H and O–H groups in total. The molecule has 1 aromatic heterocycles. The number of nitrogens with one attached hydrogen (secondary N) is 1. The van der Waals surface area contributed by atoms with Crippen LogP contribution in [0.1, 0.15) is 10.4 Å². The van der Waals surface area contributed by atoms with Gasteiger partial charge in [-0.05, 0) is 18.2 Å². The van der Waals surface area contributed by atoms with E-state index in [-0.39, 0.29) is 27.8 Å². The van der Waals surface area contributed by atoms with Crippen LogP contribution < -0.4 is 11.1 Å². The molecule has 0 radical (unpaired) electrons. The topological polar surface area (TPSA) is 88.2 Å². The largest absolute Gasteiger partial charge is 0.478 e. The maximum Gasteiger partial charge on any atom is 0.338 e. The second kappa shape index (κ2) is 5.11. The Morgan fingerprint density at radius 2 is 2.21 bits per heavy atom. The van der Waals surface area contributed by atoms with E-state index >= 15 is 0 Å². The SMILES string of the molecule is Nc1cc(C(=O)O)c(Nc2c(F)cccc2Cl)cn1. The molecule has 7 heteroatoms. The third-order valence-electron chi connectivity index (χ3n) is 2.38. The first-order chi connectivity index (χ1) is 8.99. The lowest BCUT2D eigenvalue weighted by Crippen LogP contribution is -2.06. The minimum Gasteiger partial charge on any atom is -0.478 e. The van der Waals surface area contributed by atoms with Crippen molar-refractivity contribution in [3.05, 3.63) is 46.9 Å². The average molecular weight is 282 g/mol. The Morgan fingerprint density at radius 3 is 2.84 bits per heavy atom. The molecular weight excluding hydrogens is 273 g/mol. The molecule has 5 nitrogen and oxygen atoms in total. The number of hydrogen-bond donors (Lipinski definition) is 3. The third kappa shape index (κ3) is 2.74. The molecule has 1 aromatic carbocycles. The number of benzene rings is 1. The number of pyridine rings is 1. The van der Waals surface area contributed by atoms with Crippen LogP contribution in [0.25, 0.3) is 0 Å². The number of halogens is 2. The minimum atomic E-state index is -1.20. The number of aromatic nitrogens is 1. The van der Waals surface area contributed by atoms with E-state index in [9.17, 15) is 9.18 Å². The number of nitrogens with zero attached hydrogens (tertiary/aromatic N) is 1. The van der Waals surface area contributed by atoms with Crippen molar-refractivity contribution in [1.29, 1.82) is 0 Å². The molecule has 0 spiro atoms. The number of rotatable bonds is 3. The van der Waals surface area contributed by atoms with Gasteiger partial charge in [-0.15, -0.1) is 0 Å². The second-order valence-electron chi connectivity index (χ2n) is 3.68. The zero-order chi connectivity index (χ0) is 14.0. The summed E-state index contributed by atoms with van der Waals surface area (Å²) in [7, 11) is 0. The van der Waals surface area contributed by atoms with Crippen LogP contribution in [0.4, 0.5) is 21.6 Å². The first-order valence-corrected chi connectivity index (χ1v) is 5.56. The number of aromatic carboxylic acids is 1. The molecule has 2 aromatic rings. The lowest BCUT2D eigenvalue weighted by molar-refractivity contribution is 0.0698. The van der Waals surface area contributed by atoms with E-state index in [0.717, 1.165) is 0 Å². The number of carboxylic acid groups (broad SMARTS) is 1. The molecule has 0 saturated carbocycles. The van der Waals surface area contributed by atoms with Gasteiger partial charge >= 0.3 is 5.97 Å². The number of nitrogens with two attached hydrogens (primary N) is 1. The molecular formula is C12H9ClFN3O2. The third-order valence-corrected chi connectivity index (χ3v) is 2.69. The van der Waals surface area contributed by atoms with Crippen molar-refractivity contribution < 1.29 is 14.3 Å². The molecule has 0 saturated heterocycles. The van der Waals surface area contributed by atoms with Crippen molar-refractivity contribution in [2.24, 2.45) is 0 Å². The van der Waals surface area contributed by atoms with E-state index in [4.69, 9.17) is 22.4 Å². The fourth-order valence-corrected chi connectivity index (χ4v) is 1.71. The lowest BCUT2D eigenvalue weighted by atomic mass is 10.2. The highest BCUT2D eigenvalue weighted by molar-refractivity contribution is 6.33. The molecule has 0 fully saturated rings. The first-order valence-electron chi connectivity index (χ1n) is 5.19. The maximum absolute atomic E-state index is 13.6. The summed E-state index contributed by atoms with van der Waals surface area (Å²) < 4.78 is 13.6. The van der Waals surface area contributed by atoms with Crippen molar-refractivity contribution in [2.75, 3.05) is 11.1 Å². The van der Waals surface area contributed by atoms with E-state index in [1.54, 1.807) is 0 Å². The smallest absolute Gasteiger partial charge is 0.338 e. The van der Waals surface area contributed by atoms with E-state index in [0.29, 0.717) is 0 Å². The van der Waals surface area contributed by atoms with Crippen molar-refractivity contribution >= 4 is 34.8 Å². The molecule has 0 amide bonds. The molecule has 0 atom stereocenters. The molecule has 0 aliphatic carbocycles. The van der Waals surface area contributed by atoms with Gasteiger partial charge in [0.1, 0.15) is 11.6 Å². The van der Waals surface area contributed by atoms with E-state index < -0.39 is 11.8 Å². The number of anilines is 3. The van der Waals surface area contributed by atoms with Crippen LogP contribution >= 0.6 is 11.6 Å². The number of carbonyl (C=O) groups is 1. The molecule has 19 heavy (non-hydrogen) atoms. The van der Waals surface area contributed by atoms with Gasteiger partial charge < -0.3 is 16.2 Å². The lowest BCUT2D eigenvalue weighted by Gasteiger charge is -2.11. The Labute approximate surface area is 112 Å². The van der Waals surface area contributed by atoms with Crippen LogP contribution in [0.2, 0.25) is 5.02 Å². The number of carboxylic acids is 1. The zero-order valence-corrected chi connectivity index (χ0v) is 10.3. The highest BCUT2D eigenvalue weighted by atomic mass is 35.5. The Kier molecular flexibility index (Phi) is 3.52. The Bertz CT molecular complexity index is 629. The summed E-state index contributed by atoms with van der Waals surface area (Å²) in [4.78, 5) is 14.8. The van der Waals surface area contributed by atoms with Gasteiger partial charge in [-0.2, -0.15) is 0 Å². The second-order valence-corrected chi connectivity index (χ2v) is 4.09. The predicted octanol–water partition coefficient (Wildman–Crippen LogP) is 2.90. The highest BCUT2D eigenvalue weighted by Crippen LogP contribution is 2.29. The first kappa shape index (κ1) is 13.1. The van der Waals surface area contributed by atoms with E-state index in [2.05, 4.69) is 10.3 Å². The van der Waals surface area contributed by atoms with Crippen LogP contribution in [0.3, 0.4) is 0 Å². The molecule has 0 aliphatic heterocycles. The molecule has 0 unspecified atom stereocenters. The van der Waals surface area contributed by atoms with E-state index in [1.165, 1.54) is 30.5 Å². The van der Waals surface area contributed by atoms with Gasteiger partial charge in [0.05, 0.1) is 28.2 Å². The van der Waals surface area contributed by atoms with Crippen molar-refractivity contribution in [1.82, 2.24) is 4.98 Å². The average Bonchev–Trinajstić information content (AvgIpc) is 2.35. The van der Waals surface area contributed by atoms with Gasteiger partial charge in [0.25, 0.3) is 0 Å². The summed E-state index contributed by atoms with van der Waals surface area (Å²) in [6.45, 7) is 0. The Hall–Kier alpha value is -2.34. The molecule has 1 heterocycles. The standard InChI is InChI=1S/C12H9ClFN3O2/c13-7-2-1-3-8(14)11(7)17-9-5-16-10(15)4-6(9)12(18)19/h1-5,17H,(H2,15,16)(H,18,19).